The van der Waals surface area contributed by atoms with Gasteiger partial charge in [-0.25, -0.2) is 0 Å². The molecule has 0 heterocycles. The minimum Gasteiger partial charge on any atom is -0.462 e. The highest BCUT2D eigenvalue weighted by Gasteiger charge is 2.21. The second-order valence-corrected chi connectivity index (χ2v) is 5.59. The van der Waals surface area contributed by atoms with Gasteiger partial charge in [0.1, 0.15) is 6.10 Å². The minimum atomic E-state index is -0.0200. The summed E-state index contributed by atoms with van der Waals surface area (Å²) < 4.78 is 5.50. The molecule has 0 bridgehead atoms. The highest BCUT2D eigenvalue weighted by Crippen LogP contribution is 2.26. The Kier molecular flexibility index (Phi) is 6.56. The van der Waals surface area contributed by atoms with E-state index in [9.17, 15) is 4.79 Å². The standard InChI is InChI=1S/C14H27NO2/c1-11-3-6-13(7-4-11)17-14(16)8-5-12(2)9-10-15/h11-13H,3-10,15H2,1-2H3. The van der Waals surface area contributed by atoms with Gasteiger partial charge in [-0.15, -0.1) is 0 Å². The maximum absolute atomic E-state index is 11.6. The van der Waals surface area contributed by atoms with Crippen molar-refractivity contribution in [2.45, 2.75) is 64.9 Å². The lowest BCUT2D eigenvalue weighted by molar-refractivity contribution is -0.151. The normalized spacial score (nSPS) is 26.5. The predicted octanol–water partition coefficient (Wildman–Crippen LogP) is 2.87. The maximum Gasteiger partial charge on any atom is 0.306 e. The number of carbonyl (C=O) groups excluding carboxylic acids is 1. The van der Waals surface area contributed by atoms with Gasteiger partial charge in [-0.3, -0.25) is 4.79 Å². The summed E-state index contributed by atoms with van der Waals surface area (Å²) in [5.74, 6) is 1.31. The van der Waals surface area contributed by atoms with E-state index in [1.165, 1.54) is 12.8 Å². The molecule has 100 valence electrons. The van der Waals surface area contributed by atoms with Gasteiger partial charge in [0.2, 0.25) is 0 Å². The van der Waals surface area contributed by atoms with Gasteiger partial charge in [0.05, 0.1) is 0 Å². The molecular weight excluding hydrogens is 214 g/mol. The number of hydrogen-bond donors (Lipinski definition) is 1. The van der Waals surface area contributed by atoms with Crippen LogP contribution in [0.5, 0.6) is 0 Å². The number of carbonyl (C=O) groups is 1. The van der Waals surface area contributed by atoms with Crippen LogP contribution in [-0.2, 0) is 9.53 Å². The van der Waals surface area contributed by atoms with Gasteiger partial charge in [-0.1, -0.05) is 13.8 Å². The fourth-order valence-corrected chi connectivity index (χ4v) is 2.39. The number of esters is 1. The molecule has 0 spiro atoms. The van der Waals surface area contributed by atoms with E-state index in [-0.39, 0.29) is 12.1 Å². The van der Waals surface area contributed by atoms with Gasteiger partial charge in [-0.05, 0) is 56.9 Å². The van der Waals surface area contributed by atoms with Gasteiger partial charge < -0.3 is 10.5 Å². The number of rotatable bonds is 6. The van der Waals surface area contributed by atoms with E-state index in [4.69, 9.17) is 10.5 Å². The van der Waals surface area contributed by atoms with Gasteiger partial charge in [0, 0.05) is 6.42 Å². The van der Waals surface area contributed by atoms with E-state index in [0.717, 1.165) is 31.6 Å². The molecule has 2 N–H and O–H groups in total. The van der Waals surface area contributed by atoms with Crippen molar-refractivity contribution in [3.05, 3.63) is 0 Å². The lowest BCUT2D eigenvalue weighted by Gasteiger charge is -2.26. The van der Waals surface area contributed by atoms with Crippen molar-refractivity contribution >= 4 is 5.97 Å². The monoisotopic (exact) mass is 241 g/mol. The molecule has 1 aliphatic carbocycles. The molecule has 1 saturated carbocycles. The summed E-state index contributed by atoms with van der Waals surface area (Å²) >= 11 is 0. The molecule has 0 saturated heterocycles. The van der Waals surface area contributed by atoms with Crippen LogP contribution in [0.25, 0.3) is 0 Å². The van der Waals surface area contributed by atoms with Crippen LogP contribution in [0.3, 0.4) is 0 Å². The predicted molar refractivity (Wildman–Crippen MR) is 69.6 cm³/mol. The highest BCUT2D eigenvalue weighted by atomic mass is 16.5. The van der Waals surface area contributed by atoms with Crippen molar-refractivity contribution in [3.63, 3.8) is 0 Å². The molecule has 0 aromatic heterocycles. The van der Waals surface area contributed by atoms with Gasteiger partial charge in [0.25, 0.3) is 0 Å². The molecule has 0 amide bonds. The van der Waals surface area contributed by atoms with Crippen LogP contribution in [0.1, 0.15) is 58.8 Å². The number of hydrogen-bond acceptors (Lipinski definition) is 3. The quantitative estimate of drug-likeness (QED) is 0.727. The molecule has 1 aliphatic rings. The second-order valence-electron chi connectivity index (χ2n) is 5.59. The van der Waals surface area contributed by atoms with Crippen molar-refractivity contribution in [2.24, 2.45) is 17.6 Å². The molecule has 1 fully saturated rings. The summed E-state index contributed by atoms with van der Waals surface area (Å²) in [4.78, 5) is 11.6. The first-order valence-electron chi connectivity index (χ1n) is 7.01. The Balaban J connectivity index is 2.12. The summed E-state index contributed by atoms with van der Waals surface area (Å²) in [6, 6.07) is 0. The zero-order chi connectivity index (χ0) is 12.7. The summed E-state index contributed by atoms with van der Waals surface area (Å²) in [6.45, 7) is 5.12. The molecule has 0 aromatic rings. The van der Waals surface area contributed by atoms with Gasteiger partial charge >= 0.3 is 5.97 Å². The average Bonchev–Trinajstić information content (AvgIpc) is 2.30. The molecule has 1 atom stereocenters. The highest BCUT2D eigenvalue weighted by molar-refractivity contribution is 5.69. The summed E-state index contributed by atoms with van der Waals surface area (Å²) in [5, 5.41) is 0. The summed E-state index contributed by atoms with van der Waals surface area (Å²) in [5.41, 5.74) is 5.48. The Labute approximate surface area is 105 Å². The van der Waals surface area contributed by atoms with Crippen LogP contribution < -0.4 is 5.73 Å². The van der Waals surface area contributed by atoms with Crippen molar-refractivity contribution in [3.8, 4) is 0 Å². The van der Waals surface area contributed by atoms with Crippen molar-refractivity contribution in [2.75, 3.05) is 6.54 Å². The molecule has 1 rings (SSSR count). The number of nitrogens with two attached hydrogens (primary N) is 1. The molecular formula is C14H27NO2. The first-order chi connectivity index (χ1) is 8.11. The topological polar surface area (TPSA) is 52.3 Å². The lowest BCUT2D eigenvalue weighted by Crippen LogP contribution is -2.23. The van der Waals surface area contributed by atoms with Crippen LogP contribution in [0.2, 0.25) is 0 Å². The van der Waals surface area contributed by atoms with Crippen LogP contribution in [-0.4, -0.2) is 18.6 Å². The van der Waals surface area contributed by atoms with Crippen molar-refractivity contribution in [1.82, 2.24) is 0 Å². The van der Waals surface area contributed by atoms with Crippen LogP contribution in [0.4, 0.5) is 0 Å². The zero-order valence-electron chi connectivity index (χ0n) is 11.3. The smallest absolute Gasteiger partial charge is 0.306 e. The third-order valence-electron chi connectivity index (χ3n) is 3.76. The average molecular weight is 241 g/mol. The van der Waals surface area contributed by atoms with E-state index >= 15 is 0 Å². The fraction of sp³-hybridized carbons (Fsp3) is 0.929. The Bertz CT molecular complexity index is 222. The SMILES string of the molecule is CC(CCN)CCC(=O)OC1CCC(C)CC1. The maximum atomic E-state index is 11.6. The lowest BCUT2D eigenvalue weighted by atomic mass is 9.89. The molecule has 0 aromatic carbocycles. The van der Waals surface area contributed by atoms with E-state index in [2.05, 4.69) is 13.8 Å². The van der Waals surface area contributed by atoms with E-state index < -0.39 is 0 Å². The first-order valence-corrected chi connectivity index (χ1v) is 7.01. The number of ether oxygens (including phenoxy) is 1. The molecule has 0 aliphatic heterocycles. The zero-order valence-corrected chi connectivity index (χ0v) is 11.3. The summed E-state index contributed by atoms with van der Waals surface area (Å²) in [6.07, 6.45) is 7.11. The Morgan fingerprint density at radius 3 is 2.53 bits per heavy atom. The van der Waals surface area contributed by atoms with Crippen molar-refractivity contribution in [1.29, 1.82) is 0 Å². The Morgan fingerprint density at radius 2 is 1.94 bits per heavy atom. The van der Waals surface area contributed by atoms with Gasteiger partial charge in [0.15, 0.2) is 0 Å². The molecule has 0 radical (unpaired) electrons. The first kappa shape index (κ1) is 14.5. The van der Waals surface area contributed by atoms with E-state index in [1.807, 2.05) is 0 Å². The minimum absolute atomic E-state index is 0.0200. The summed E-state index contributed by atoms with van der Waals surface area (Å²) in [7, 11) is 0. The van der Waals surface area contributed by atoms with Crippen LogP contribution in [0.15, 0.2) is 0 Å². The molecule has 3 nitrogen and oxygen atoms in total. The Morgan fingerprint density at radius 1 is 1.29 bits per heavy atom. The fourth-order valence-electron chi connectivity index (χ4n) is 2.39. The Hall–Kier alpha value is -0.570. The van der Waals surface area contributed by atoms with E-state index in [1.54, 1.807) is 0 Å². The van der Waals surface area contributed by atoms with Gasteiger partial charge in [-0.2, -0.15) is 0 Å². The second kappa shape index (κ2) is 7.70. The molecule has 3 heteroatoms. The largest absolute Gasteiger partial charge is 0.462 e. The van der Waals surface area contributed by atoms with Crippen LogP contribution >= 0.6 is 0 Å². The molecule has 1 unspecified atom stereocenters. The van der Waals surface area contributed by atoms with Crippen molar-refractivity contribution < 1.29 is 9.53 Å². The molecule has 17 heavy (non-hydrogen) atoms. The third kappa shape index (κ3) is 6.06. The van der Waals surface area contributed by atoms with Crippen LogP contribution in [0, 0.1) is 11.8 Å². The van der Waals surface area contributed by atoms with E-state index in [0.29, 0.717) is 18.9 Å². The third-order valence-corrected chi connectivity index (χ3v) is 3.76.